The molecule has 0 aromatic heterocycles. The highest BCUT2D eigenvalue weighted by Crippen LogP contribution is 2.14. The van der Waals surface area contributed by atoms with Gasteiger partial charge in [-0.25, -0.2) is 0 Å². The molecule has 0 aromatic rings. The van der Waals surface area contributed by atoms with E-state index in [1.807, 2.05) is 0 Å². The first-order valence-electron chi connectivity index (χ1n) is 3.55. The Morgan fingerprint density at radius 1 is 1.67 bits per heavy atom. The van der Waals surface area contributed by atoms with Gasteiger partial charge in [0.1, 0.15) is 5.71 Å². The normalized spacial score (nSPS) is 27.5. The fourth-order valence-corrected chi connectivity index (χ4v) is 1.21. The topological polar surface area (TPSA) is 92.8 Å². The van der Waals surface area contributed by atoms with Gasteiger partial charge in [0.25, 0.3) is 11.8 Å². The van der Waals surface area contributed by atoms with E-state index >= 15 is 0 Å². The van der Waals surface area contributed by atoms with Crippen LogP contribution < -0.4 is 0 Å². The van der Waals surface area contributed by atoms with E-state index < -0.39 is 16.7 Å². The third kappa shape index (κ3) is 1.41. The molecule has 1 rings (SSSR count). The Morgan fingerprint density at radius 3 is 2.83 bits per heavy atom. The van der Waals surface area contributed by atoms with E-state index in [-0.39, 0.29) is 12.1 Å². The van der Waals surface area contributed by atoms with E-state index in [0.29, 0.717) is 12.8 Å². The molecule has 0 aromatic carbocycles. The van der Waals surface area contributed by atoms with Gasteiger partial charge in [-0.15, -0.1) is 0 Å². The molecule has 1 saturated carbocycles. The second-order valence-corrected chi connectivity index (χ2v) is 2.60. The van der Waals surface area contributed by atoms with Crippen LogP contribution in [0.2, 0.25) is 0 Å². The summed E-state index contributed by atoms with van der Waals surface area (Å²) in [4.78, 5) is 20.7. The number of ketones is 1. The van der Waals surface area contributed by atoms with Crippen molar-refractivity contribution < 1.29 is 14.9 Å². The van der Waals surface area contributed by atoms with Crippen LogP contribution >= 0.6 is 0 Å². The van der Waals surface area contributed by atoms with Gasteiger partial charge in [0.15, 0.2) is 0 Å². The molecule has 1 fully saturated rings. The molecule has 12 heavy (non-hydrogen) atoms. The van der Waals surface area contributed by atoms with Gasteiger partial charge in [0, 0.05) is 11.3 Å². The first kappa shape index (κ1) is 8.63. The van der Waals surface area contributed by atoms with E-state index in [0.717, 1.165) is 0 Å². The van der Waals surface area contributed by atoms with Crippen LogP contribution in [0.25, 0.3) is 0 Å². The van der Waals surface area contributed by atoms with Gasteiger partial charge < -0.3 is 5.21 Å². The molecule has 1 atom stereocenters. The summed E-state index contributed by atoms with van der Waals surface area (Å²) in [6, 6.07) is -1.20. The van der Waals surface area contributed by atoms with Crippen molar-refractivity contribution in [2.24, 2.45) is 5.16 Å². The molecule has 0 aliphatic heterocycles. The highest BCUT2D eigenvalue weighted by Gasteiger charge is 2.36. The zero-order chi connectivity index (χ0) is 9.14. The molecule has 1 N–H and O–H groups in total. The van der Waals surface area contributed by atoms with E-state index in [1.165, 1.54) is 0 Å². The van der Waals surface area contributed by atoms with E-state index in [2.05, 4.69) is 5.16 Å². The second kappa shape index (κ2) is 3.29. The molecule has 6 nitrogen and oxygen atoms in total. The number of Topliss-reactive ketones (excluding diaryl/α,β-unsaturated/α-hetero) is 1. The van der Waals surface area contributed by atoms with Crippen molar-refractivity contribution >= 4 is 11.5 Å². The largest absolute Gasteiger partial charge is 0.411 e. The van der Waals surface area contributed by atoms with Crippen molar-refractivity contribution in [2.75, 3.05) is 0 Å². The summed E-state index contributed by atoms with van der Waals surface area (Å²) < 4.78 is 0. The van der Waals surface area contributed by atoms with Crippen molar-refractivity contribution in [3.8, 4) is 0 Å². The fourth-order valence-electron chi connectivity index (χ4n) is 1.21. The molecule has 0 heterocycles. The number of rotatable bonds is 1. The van der Waals surface area contributed by atoms with Gasteiger partial charge in [-0.1, -0.05) is 5.16 Å². The van der Waals surface area contributed by atoms with Crippen molar-refractivity contribution in [1.82, 2.24) is 0 Å². The SMILES string of the molecule is O=C1C(=NO)CCCC1[N+](=O)[O-]. The summed E-state index contributed by atoms with van der Waals surface area (Å²) in [7, 11) is 0. The molecule has 0 spiro atoms. The van der Waals surface area contributed by atoms with Crippen LogP contribution in [0.3, 0.4) is 0 Å². The van der Waals surface area contributed by atoms with Crippen LogP contribution in [-0.2, 0) is 4.79 Å². The molecule has 0 radical (unpaired) electrons. The molecular weight excluding hydrogens is 164 g/mol. The Labute approximate surface area is 68.0 Å². The minimum atomic E-state index is -1.20. The number of carbonyl (C=O) groups is 1. The highest BCUT2D eigenvalue weighted by atomic mass is 16.6. The van der Waals surface area contributed by atoms with Crippen LogP contribution in [0.5, 0.6) is 0 Å². The van der Waals surface area contributed by atoms with Crippen LogP contribution in [0, 0.1) is 10.1 Å². The summed E-state index contributed by atoms with van der Waals surface area (Å²) in [5, 5.41) is 21.3. The Kier molecular flexibility index (Phi) is 2.37. The number of hydrogen-bond acceptors (Lipinski definition) is 5. The molecule has 0 saturated heterocycles. The van der Waals surface area contributed by atoms with Crippen molar-refractivity contribution in [3.05, 3.63) is 10.1 Å². The molecular formula is C6H8N2O4. The minimum absolute atomic E-state index is 0.0806. The molecule has 1 aliphatic carbocycles. The maximum atomic E-state index is 11.1. The molecule has 0 bridgehead atoms. The maximum absolute atomic E-state index is 11.1. The molecule has 0 amide bonds. The van der Waals surface area contributed by atoms with Gasteiger partial charge >= 0.3 is 0 Å². The zero-order valence-corrected chi connectivity index (χ0v) is 6.27. The molecule has 1 aliphatic rings. The van der Waals surface area contributed by atoms with E-state index in [4.69, 9.17) is 5.21 Å². The van der Waals surface area contributed by atoms with Crippen molar-refractivity contribution in [3.63, 3.8) is 0 Å². The monoisotopic (exact) mass is 172 g/mol. The number of oxime groups is 1. The first-order valence-corrected chi connectivity index (χ1v) is 3.55. The van der Waals surface area contributed by atoms with Gasteiger partial charge in [0.05, 0.1) is 0 Å². The van der Waals surface area contributed by atoms with Crippen LogP contribution in [-0.4, -0.2) is 27.7 Å². The second-order valence-electron chi connectivity index (χ2n) is 2.60. The summed E-state index contributed by atoms with van der Waals surface area (Å²) in [5.41, 5.74) is -0.0806. The summed E-state index contributed by atoms with van der Waals surface area (Å²) in [6.07, 6.45) is 1.10. The Balaban J connectivity index is 2.80. The molecule has 6 heteroatoms. The Morgan fingerprint density at radius 2 is 2.33 bits per heavy atom. The molecule has 1 unspecified atom stereocenters. The van der Waals surface area contributed by atoms with Crippen LogP contribution in [0.15, 0.2) is 5.16 Å². The van der Waals surface area contributed by atoms with Gasteiger partial charge in [-0.2, -0.15) is 0 Å². The Bertz CT molecular complexity index is 248. The van der Waals surface area contributed by atoms with E-state index in [1.54, 1.807) is 0 Å². The van der Waals surface area contributed by atoms with E-state index in [9.17, 15) is 14.9 Å². The zero-order valence-electron chi connectivity index (χ0n) is 6.27. The fraction of sp³-hybridized carbons (Fsp3) is 0.667. The van der Waals surface area contributed by atoms with Crippen LogP contribution in [0.4, 0.5) is 0 Å². The quantitative estimate of drug-likeness (QED) is 0.347. The number of hydrogen-bond donors (Lipinski definition) is 1. The average Bonchev–Trinajstić information content (AvgIpc) is 2.04. The minimum Gasteiger partial charge on any atom is -0.411 e. The smallest absolute Gasteiger partial charge is 0.276 e. The Hall–Kier alpha value is -1.46. The van der Waals surface area contributed by atoms with Gasteiger partial charge in [-0.3, -0.25) is 14.9 Å². The average molecular weight is 172 g/mol. The summed E-state index contributed by atoms with van der Waals surface area (Å²) in [5.74, 6) is -0.659. The predicted octanol–water partition coefficient (Wildman–Crippen LogP) is 0.215. The third-order valence-corrected chi connectivity index (χ3v) is 1.85. The highest BCUT2D eigenvalue weighted by molar-refractivity contribution is 6.41. The van der Waals surface area contributed by atoms with Crippen molar-refractivity contribution in [2.45, 2.75) is 25.3 Å². The lowest BCUT2D eigenvalue weighted by molar-refractivity contribution is -0.507. The third-order valence-electron chi connectivity index (χ3n) is 1.85. The first-order chi connectivity index (χ1) is 5.66. The number of nitrogens with zero attached hydrogens (tertiary/aromatic N) is 2. The number of carbonyl (C=O) groups excluding carboxylic acids is 1. The lowest BCUT2D eigenvalue weighted by atomic mass is 9.93. The number of nitro groups is 1. The standard InChI is InChI=1S/C6H8N2O4/c9-6-4(7-10)2-1-3-5(6)8(11)12/h5,10H,1-3H2. The lowest BCUT2D eigenvalue weighted by Crippen LogP contribution is -2.38. The summed E-state index contributed by atoms with van der Waals surface area (Å²) >= 11 is 0. The van der Waals surface area contributed by atoms with Gasteiger partial charge in [-0.05, 0) is 12.8 Å². The van der Waals surface area contributed by atoms with Crippen molar-refractivity contribution in [1.29, 1.82) is 0 Å². The summed E-state index contributed by atoms with van der Waals surface area (Å²) in [6.45, 7) is 0. The maximum Gasteiger partial charge on any atom is 0.276 e. The van der Waals surface area contributed by atoms with Crippen LogP contribution in [0.1, 0.15) is 19.3 Å². The molecule has 66 valence electrons. The lowest BCUT2D eigenvalue weighted by Gasteiger charge is -2.13. The predicted molar refractivity (Wildman–Crippen MR) is 38.9 cm³/mol. The van der Waals surface area contributed by atoms with Gasteiger partial charge in [0.2, 0.25) is 0 Å².